The molecule has 1 aliphatic rings. The predicted octanol–water partition coefficient (Wildman–Crippen LogP) is 5.39. The maximum absolute atomic E-state index is 6.69. The molecule has 0 aromatic carbocycles. The van der Waals surface area contributed by atoms with E-state index >= 15 is 0 Å². The van der Waals surface area contributed by atoms with E-state index in [1.165, 1.54) is 36.9 Å². The molecule has 1 aromatic rings. The fraction of sp³-hybridized carbons (Fsp3) is 0.722. The molecule has 1 heterocycles. The summed E-state index contributed by atoms with van der Waals surface area (Å²) in [5.41, 5.74) is 2.89. The fourth-order valence-electron chi connectivity index (χ4n) is 3.43. The SMILES string of the molecule is Cc1cccnc1CC(Cl)C1CCC(C(C)(C)C)CC1. The molecule has 0 radical (unpaired) electrons. The van der Waals surface area contributed by atoms with Crippen LogP contribution in [-0.2, 0) is 6.42 Å². The highest BCUT2D eigenvalue weighted by Gasteiger charge is 2.32. The van der Waals surface area contributed by atoms with Crippen molar-refractivity contribution < 1.29 is 0 Å². The lowest BCUT2D eigenvalue weighted by molar-refractivity contribution is 0.148. The third-order valence-electron chi connectivity index (χ3n) is 5.01. The van der Waals surface area contributed by atoms with Crippen LogP contribution in [0.5, 0.6) is 0 Å². The summed E-state index contributed by atoms with van der Waals surface area (Å²) in [6, 6.07) is 4.12. The van der Waals surface area contributed by atoms with Crippen molar-refractivity contribution in [3.8, 4) is 0 Å². The van der Waals surface area contributed by atoms with Crippen LogP contribution in [0.2, 0.25) is 0 Å². The van der Waals surface area contributed by atoms with Gasteiger partial charge in [-0.2, -0.15) is 0 Å². The van der Waals surface area contributed by atoms with E-state index in [1.54, 1.807) is 0 Å². The monoisotopic (exact) mass is 293 g/mol. The number of rotatable bonds is 3. The lowest BCUT2D eigenvalue weighted by atomic mass is 9.69. The van der Waals surface area contributed by atoms with Gasteiger partial charge in [-0.3, -0.25) is 4.98 Å². The highest BCUT2D eigenvalue weighted by molar-refractivity contribution is 6.20. The van der Waals surface area contributed by atoms with Gasteiger partial charge in [-0.15, -0.1) is 11.6 Å². The van der Waals surface area contributed by atoms with Gasteiger partial charge in [0.1, 0.15) is 0 Å². The van der Waals surface area contributed by atoms with E-state index in [-0.39, 0.29) is 5.38 Å². The number of hydrogen-bond acceptors (Lipinski definition) is 1. The Bertz CT molecular complexity index is 427. The number of halogens is 1. The molecule has 1 aliphatic carbocycles. The number of alkyl halides is 1. The van der Waals surface area contributed by atoms with Crippen molar-refractivity contribution in [2.75, 3.05) is 0 Å². The highest BCUT2D eigenvalue weighted by Crippen LogP contribution is 2.41. The van der Waals surface area contributed by atoms with Gasteiger partial charge < -0.3 is 0 Å². The Kier molecular flexibility index (Phi) is 5.12. The van der Waals surface area contributed by atoms with E-state index in [9.17, 15) is 0 Å². The lowest BCUT2D eigenvalue weighted by Crippen LogP contribution is -2.29. The van der Waals surface area contributed by atoms with Crippen molar-refractivity contribution >= 4 is 11.6 Å². The lowest BCUT2D eigenvalue weighted by Gasteiger charge is -2.38. The zero-order valence-electron chi connectivity index (χ0n) is 13.3. The van der Waals surface area contributed by atoms with Crippen LogP contribution in [0.25, 0.3) is 0 Å². The molecule has 0 spiro atoms. The van der Waals surface area contributed by atoms with Crippen LogP contribution in [0.3, 0.4) is 0 Å². The Labute approximate surface area is 129 Å². The van der Waals surface area contributed by atoms with Gasteiger partial charge in [0.15, 0.2) is 0 Å². The Hall–Kier alpha value is -0.560. The van der Waals surface area contributed by atoms with Crippen molar-refractivity contribution in [3.05, 3.63) is 29.6 Å². The maximum atomic E-state index is 6.69. The first kappa shape index (κ1) is 15.8. The van der Waals surface area contributed by atoms with Gasteiger partial charge in [-0.05, 0) is 61.5 Å². The summed E-state index contributed by atoms with van der Waals surface area (Å²) >= 11 is 6.69. The van der Waals surface area contributed by atoms with Gasteiger partial charge in [0.05, 0.1) is 0 Å². The molecule has 1 unspecified atom stereocenters. The van der Waals surface area contributed by atoms with Crippen LogP contribution < -0.4 is 0 Å². The summed E-state index contributed by atoms with van der Waals surface area (Å²) < 4.78 is 0. The molecular formula is C18H28ClN. The molecule has 2 rings (SSSR count). The molecule has 112 valence electrons. The zero-order chi connectivity index (χ0) is 14.8. The normalized spacial score (nSPS) is 25.4. The average Bonchev–Trinajstić information content (AvgIpc) is 2.40. The first-order valence-electron chi connectivity index (χ1n) is 7.92. The third kappa shape index (κ3) is 3.97. The molecule has 2 heteroatoms. The Balaban J connectivity index is 1.89. The van der Waals surface area contributed by atoms with E-state index in [4.69, 9.17) is 11.6 Å². The predicted molar refractivity (Wildman–Crippen MR) is 87.2 cm³/mol. The van der Waals surface area contributed by atoms with Crippen molar-refractivity contribution in [2.45, 2.75) is 65.2 Å². The third-order valence-corrected chi connectivity index (χ3v) is 5.52. The van der Waals surface area contributed by atoms with E-state index in [0.717, 1.165) is 12.3 Å². The van der Waals surface area contributed by atoms with Crippen molar-refractivity contribution in [3.63, 3.8) is 0 Å². The second-order valence-corrected chi connectivity index (χ2v) is 8.03. The molecule has 0 bridgehead atoms. The minimum Gasteiger partial charge on any atom is -0.261 e. The Morgan fingerprint density at radius 2 is 1.90 bits per heavy atom. The van der Waals surface area contributed by atoms with Crippen LogP contribution in [-0.4, -0.2) is 10.4 Å². The number of aromatic nitrogens is 1. The number of pyridine rings is 1. The summed E-state index contributed by atoms with van der Waals surface area (Å²) in [7, 11) is 0. The summed E-state index contributed by atoms with van der Waals surface area (Å²) in [6.07, 6.45) is 8.02. The van der Waals surface area contributed by atoms with Crippen molar-refractivity contribution in [1.82, 2.24) is 4.98 Å². The smallest absolute Gasteiger partial charge is 0.0447 e. The maximum Gasteiger partial charge on any atom is 0.0447 e. The number of nitrogens with zero attached hydrogens (tertiary/aromatic N) is 1. The molecular weight excluding hydrogens is 266 g/mol. The van der Waals surface area contributed by atoms with Crippen LogP contribution in [0.15, 0.2) is 18.3 Å². The van der Waals surface area contributed by atoms with Crippen molar-refractivity contribution in [1.29, 1.82) is 0 Å². The largest absolute Gasteiger partial charge is 0.261 e. The van der Waals surface area contributed by atoms with Crippen LogP contribution in [0.1, 0.15) is 57.7 Å². The molecule has 1 nitrogen and oxygen atoms in total. The van der Waals surface area contributed by atoms with E-state index < -0.39 is 0 Å². The quantitative estimate of drug-likeness (QED) is 0.681. The van der Waals surface area contributed by atoms with Crippen LogP contribution >= 0.6 is 11.6 Å². The van der Waals surface area contributed by atoms with E-state index in [1.807, 2.05) is 12.3 Å². The van der Waals surface area contributed by atoms with E-state index in [2.05, 4.69) is 38.7 Å². The van der Waals surface area contributed by atoms with Gasteiger partial charge in [0.2, 0.25) is 0 Å². The summed E-state index contributed by atoms with van der Waals surface area (Å²) in [6.45, 7) is 9.23. The Morgan fingerprint density at radius 3 is 2.45 bits per heavy atom. The molecule has 1 atom stereocenters. The molecule has 0 aliphatic heterocycles. The minimum absolute atomic E-state index is 0.240. The topological polar surface area (TPSA) is 12.9 Å². The van der Waals surface area contributed by atoms with Crippen LogP contribution in [0, 0.1) is 24.2 Å². The molecule has 0 amide bonds. The molecule has 1 fully saturated rings. The van der Waals surface area contributed by atoms with Gasteiger partial charge in [-0.25, -0.2) is 0 Å². The van der Waals surface area contributed by atoms with Crippen molar-refractivity contribution in [2.24, 2.45) is 17.3 Å². The van der Waals surface area contributed by atoms with Gasteiger partial charge >= 0.3 is 0 Å². The molecule has 1 saturated carbocycles. The molecule has 1 aromatic heterocycles. The second kappa shape index (κ2) is 6.47. The number of aryl methyl sites for hydroxylation is 1. The summed E-state index contributed by atoms with van der Waals surface area (Å²) in [5.74, 6) is 1.52. The molecule has 20 heavy (non-hydrogen) atoms. The standard InChI is InChI=1S/C18H28ClN/c1-13-6-5-11-20-17(13)12-16(19)14-7-9-15(10-8-14)18(2,3)4/h5-6,11,14-16H,7-10,12H2,1-4H3. The van der Waals surface area contributed by atoms with Gasteiger partial charge in [-0.1, -0.05) is 26.8 Å². The second-order valence-electron chi connectivity index (χ2n) is 7.46. The van der Waals surface area contributed by atoms with Gasteiger partial charge in [0, 0.05) is 23.7 Å². The number of hydrogen-bond donors (Lipinski definition) is 0. The Morgan fingerprint density at radius 1 is 1.25 bits per heavy atom. The first-order valence-corrected chi connectivity index (χ1v) is 8.36. The average molecular weight is 294 g/mol. The fourth-order valence-corrected chi connectivity index (χ4v) is 3.83. The minimum atomic E-state index is 0.240. The first-order chi connectivity index (χ1) is 9.38. The highest BCUT2D eigenvalue weighted by atomic mass is 35.5. The summed E-state index contributed by atoms with van der Waals surface area (Å²) in [5, 5.41) is 0.240. The molecule has 0 N–H and O–H groups in total. The van der Waals surface area contributed by atoms with Gasteiger partial charge in [0.25, 0.3) is 0 Å². The molecule has 0 saturated heterocycles. The van der Waals surface area contributed by atoms with E-state index in [0.29, 0.717) is 11.3 Å². The van der Waals surface area contributed by atoms with Crippen LogP contribution in [0.4, 0.5) is 0 Å². The zero-order valence-corrected chi connectivity index (χ0v) is 14.1. The summed E-state index contributed by atoms with van der Waals surface area (Å²) in [4.78, 5) is 4.48.